The zero-order valence-corrected chi connectivity index (χ0v) is 17.1. The lowest BCUT2D eigenvalue weighted by atomic mass is 10.2. The Morgan fingerprint density at radius 1 is 1.20 bits per heavy atom. The van der Waals surface area contributed by atoms with Gasteiger partial charge in [-0.05, 0) is 30.3 Å². The van der Waals surface area contributed by atoms with Crippen LogP contribution in [0, 0.1) is 0 Å². The highest BCUT2D eigenvalue weighted by Crippen LogP contribution is 2.31. The molecule has 0 radical (unpaired) electrons. The van der Waals surface area contributed by atoms with Crippen molar-refractivity contribution in [2.24, 2.45) is 0 Å². The fraction of sp³-hybridized carbons (Fsp3) is 0.111. The average Bonchev–Trinajstić information content (AvgIpc) is 3.04. The molecule has 0 bridgehead atoms. The van der Waals surface area contributed by atoms with Crippen molar-refractivity contribution in [3.8, 4) is 5.75 Å². The molecule has 12 heteroatoms. The van der Waals surface area contributed by atoms with Gasteiger partial charge in [-0.3, -0.25) is 14.2 Å². The molecule has 0 spiro atoms. The number of thiazole rings is 1. The number of carbonyl (C=O) groups is 1. The molecule has 1 N–H and O–H groups in total. The minimum absolute atomic E-state index is 0.184. The molecule has 2 heterocycles. The summed E-state index contributed by atoms with van der Waals surface area (Å²) in [5.41, 5.74) is 0.525. The fourth-order valence-corrected chi connectivity index (χ4v) is 3.98. The maximum Gasteiger partial charge on any atom is 0.573 e. The van der Waals surface area contributed by atoms with Crippen molar-refractivity contribution in [3.63, 3.8) is 0 Å². The third-order valence-corrected chi connectivity index (χ3v) is 5.37. The third kappa shape index (κ3) is 4.44. The monoisotopic (exact) mass is 498 g/mol. The van der Waals surface area contributed by atoms with Gasteiger partial charge in [-0.1, -0.05) is 27.3 Å². The molecule has 0 aliphatic rings. The number of rotatable bonds is 4. The van der Waals surface area contributed by atoms with E-state index in [9.17, 15) is 22.8 Å². The van der Waals surface area contributed by atoms with Gasteiger partial charge in [0.1, 0.15) is 12.3 Å². The van der Waals surface area contributed by atoms with Gasteiger partial charge in [-0.25, -0.2) is 9.97 Å². The molecule has 2 aromatic carbocycles. The highest BCUT2D eigenvalue weighted by Gasteiger charge is 2.31. The van der Waals surface area contributed by atoms with Gasteiger partial charge >= 0.3 is 6.36 Å². The Balaban J connectivity index is 1.53. The van der Waals surface area contributed by atoms with Gasteiger partial charge in [0.2, 0.25) is 5.91 Å². The van der Waals surface area contributed by atoms with Crippen LogP contribution in [-0.2, 0) is 11.3 Å². The van der Waals surface area contributed by atoms with E-state index in [1.54, 1.807) is 18.2 Å². The van der Waals surface area contributed by atoms with E-state index < -0.39 is 12.3 Å². The van der Waals surface area contributed by atoms with Crippen LogP contribution in [0.1, 0.15) is 0 Å². The lowest BCUT2D eigenvalue weighted by Crippen LogP contribution is -2.27. The summed E-state index contributed by atoms with van der Waals surface area (Å²) in [6.07, 6.45) is -3.52. The van der Waals surface area contributed by atoms with Crippen molar-refractivity contribution in [3.05, 3.63) is 57.6 Å². The van der Waals surface area contributed by atoms with E-state index in [0.29, 0.717) is 25.6 Å². The number of anilines is 1. The first kappa shape index (κ1) is 20.3. The molecule has 154 valence electrons. The summed E-state index contributed by atoms with van der Waals surface area (Å²) in [4.78, 5) is 33.2. The van der Waals surface area contributed by atoms with Crippen molar-refractivity contribution in [2.45, 2.75) is 12.9 Å². The highest BCUT2D eigenvalue weighted by molar-refractivity contribution is 9.10. The summed E-state index contributed by atoms with van der Waals surface area (Å²) < 4.78 is 43.2. The first-order valence-corrected chi connectivity index (χ1v) is 9.90. The Hall–Kier alpha value is -2.99. The predicted molar refractivity (Wildman–Crippen MR) is 109 cm³/mol. The lowest BCUT2D eigenvalue weighted by Gasteiger charge is -2.07. The van der Waals surface area contributed by atoms with Crippen molar-refractivity contribution < 1.29 is 22.7 Å². The number of ether oxygens (including phenoxy) is 1. The van der Waals surface area contributed by atoms with Gasteiger partial charge in [0, 0.05) is 10.5 Å². The fourth-order valence-electron chi connectivity index (χ4n) is 2.71. The van der Waals surface area contributed by atoms with Crippen LogP contribution in [0.4, 0.5) is 18.3 Å². The number of halogens is 4. The van der Waals surface area contributed by atoms with Crippen molar-refractivity contribution >= 4 is 59.4 Å². The summed E-state index contributed by atoms with van der Waals surface area (Å²) in [5.74, 6) is -0.907. The molecule has 4 rings (SSSR count). The average molecular weight is 499 g/mol. The number of fused-ring (bicyclic) bond motifs is 2. The summed E-state index contributed by atoms with van der Waals surface area (Å²) in [6, 6.07) is 8.74. The minimum Gasteiger partial charge on any atom is -0.406 e. The molecule has 2 aromatic heterocycles. The molecule has 4 aromatic rings. The molecule has 0 saturated heterocycles. The van der Waals surface area contributed by atoms with Gasteiger partial charge in [-0.15, -0.1) is 13.2 Å². The van der Waals surface area contributed by atoms with Crippen LogP contribution in [-0.4, -0.2) is 26.8 Å². The first-order chi connectivity index (χ1) is 14.2. The standard InChI is InChI=1S/C18H10BrF3N4O3S/c19-9-1-3-12-11(5-9)16(28)26(8-23-12)7-15(27)25-17-24-13-4-2-10(6-14(13)30-17)29-18(20,21)22/h1-6,8H,7H2,(H,24,25,27). The van der Waals surface area contributed by atoms with Crippen molar-refractivity contribution in [2.75, 3.05) is 5.32 Å². The normalized spacial score (nSPS) is 11.7. The van der Waals surface area contributed by atoms with Gasteiger partial charge < -0.3 is 10.1 Å². The molecule has 0 unspecified atom stereocenters. The summed E-state index contributed by atoms with van der Waals surface area (Å²) in [7, 11) is 0. The van der Waals surface area contributed by atoms with E-state index in [1.807, 2.05) is 0 Å². The second-order valence-electron chi connectivity index (χ2n) is 6.08. The number of hydrogen-bond acceptors (Lipinski definition) is 6. The quantitative estimate of drug-likeness (QED) is 0.453. The third-order valence-electron chi connectivity index (χ3n) is 3.94. The van der Waals surface area contributed by atoms with Crippen LogP contribution < -0.4 is 15.6 Å². The smallest absolute Gasteiger partial charge is 0.406 e. The van der Waals surface area contributed by atoms with E-state index in [1.165, 1.54) is 18.5 Å². The zero-order chi connectivity index (χ0) is 21.5. The Kier molecular flexibility index (Phi) is 5.20. The summed E-state index contributed by atoms with van der Waals surface area (Å²) in [5, 5.41) is 3.09. The van der Waals surface area contributed by atoms with Crippen LogP contribution in [0.5, 0.6) is 5.75 Å². The second kappa shape index (κ2) is 7.69. The molecule has 0 atom stereocenters. The maximum absolute atomic E-state index is 12.6. The topological polar surface area (TPSA) is 86.1 Å². The van der Waals surface area contributed by atoms with Gasteiger partial charge in [0.15, 0.2) is 5.13 Å². The zero-order valence-electron chi connectivity index (χ0n) is 14.7. The highest BCUT2D eigenvalue weighted by atomic mass is 79.9. The van der Waals surface area contributed by atoms with E-state index in [4.69, 9.17) is 0 Å². The van der Waals surface area contributed by atoms with Crippen LogP contribution in [0.3, 0.4) is 0 Å². The number of nitrogens with zero attached hydrogens (tertiary/aromatic N) is 3. The molecule has 0 aliphatic carbocycles. The molecule has 0 fully saturated rings. The van der Waals surface area contributed by atoms with Gasteiger partial charge in [0.05, 0.1) is 27.4 Å². The molecule has 7 nitrogen and oxygen atoms in total. The number of benzene rings is 2. The molecular weight excluding hydrogens is 489 g/mol. The van der Waals surface area contributed by atoms with Crippen molar-refractivity contribution in [1.29, 1.82) is 0 Å². The Bertz CT molecular complexity index is 1340. The largest absolute Gasteiger partial charge is 0.573 e. The van der Waals surface area contributed by atoms with Gasteiger partial charge in [0.25, 0.3) is 5.56 Å². The molecule has 0 aliphatic heterocycles. The van der Waals surface area contributed by atoms with Crippen LogP contribution in [0.25, 0.3) is 21.1 Å². The number of carbonyl (C=O) groups excluding carboxylic acids is 1. The van der Waals surface area contributed by atoms with Crippen molar-refractivity contribution in [1.82, 2.24) is 14.5 Å². The van der Waals surface area contributed by atoms with Crippen LogP contribution in [0.15, 0.2) is 52.0 Å². The number of hydrogen-bond donors (Lipinski definition) is 1. The SMILES string of the molecule is O=C(Cn1cnc2ccc(Br)cc2c1=O)Nc1nc2ccc(OC(F)(F)F)cc2s1. The number of nitrogens with one attached hydrogen (secondary N) is 1. The molecule has 1 amide bonds. The predicted octanol–water partition coefficient (Wildman–Crippen LogP) is 4.31. The van der Waals surface area contributed by atoms with E-state index >= 15 is 0 Å². The minimum atomic E-state index is -4.80. The summed E-state index contributed by atoms with van der Waals surface area (Å²) in [6.45, 7) is -0.299. The summed E-state index contributed by atoms with van der Waals surface area (Å²) >= 11 is 4.28. The Morgan fingerprint density at radius 2 is 1.97 bits per heavy atom. The number of amides is 1. The van der Waals surface area contributed by atoms with Crippen LogP contribution in [0.2, 0.25) is 0 Å². The Morgan fingerprint density at radius 3 is 2.73 bits per heavy atom. The Labute approximate surface area is 178 Å². The van der Waals surface area contributed by atoms with E-state index in [0.717, 1.165) is 22.0 Å². The number of aromatic nitrogens is 3. The maximum atomic E-state index is 12.6. The number of alkyl halides is 3. The first-order valence-electron chi connectivity index (χ1n) is 8.29. The lowest BCUT2D eigenvalue weighted by molar-refractivity contribution is -0.274. The van der Waals surface area contributed by atoms with E-state index in [-0.39, 0.29) is 23.0 Å². The van der Waals surface area contributed by atoms with Gasteiger partial charge in [-0.2, -0.15) is 0 Å². The molecule has 0 saturated carbocycles. The van der Waals surface area contributed by atoms with Crippen LogP contribution >= 0.6 is 27.3 Å². The second-order valence-corrected chi connectivity index (χ2v) is 8.03. The molecular formula is C18H10BrF3N4O3S. The molecule has 30 heavy (non-hydrogen) atoms. The van der Waals surface area contributed by atoms with E-state index in [2.05, 4.69) is 36.0 Å².